The quantitative estimate of drug-likeness (QED) is 0.693. The van der Waals surface area contributed by atoms with Gasteiger partial charge in [0.15, 0.2) is 23.0 Å². The third-order valence-corrected chi connectivity index (χ3v) is 3.94. The third-order valence-electron chi connectivity index (χ3n) is 3.94. The lowest BCUT2D eigenvalue weighted by molar-refractivity contribution is 0.102. The van der Waals surface area contributed by atoms with Crippen LogP contribution in [0.3, 0.4) is 0 Å². The summed E-state index contributed by atoms with van der Waals surface area (Å²) in [4.78, 5) is 26.1. The van der Waals surface area contributed by atoms with Crippen LogP contribution in [0.15, 0.2) is 39.5 Å². The molecule has 0 bridgehead atoms. The van der Waals surface area contributed by atoms with E-state index in [0.717, 1.165) is 0 Å². The molecule has 0 radical (unpaired) electrons. The van der Waals surface area contributed by atoms with E-state index >= 15 is 0 Å². The average molecular weight is 379 g/mol. The number of hydrogen-bond donors (Lipinski definition) is 1. The topological polar surface area (TPSA) is 67.5 Å². The van der Waals surface area contributed by atoms with Crippen molar-refractivity contribution in [3.8, 4) is 0 Å². The number of carbonyl (C=O) groups is 1. The van der Waals surface area contributed by atoms with E-state index in [1.807, 2.05) is 19.0 Å². The average Bonchev–Trinajstić information content (AvgIpc) is 2.91. The number of anilines is 1. The molecule has 0 atom stereocenters. The van der Waals surface area contributed by atoms with E-state index in [9.17, 15) is 22.8 Å². The van der Waals surface area contributed by atoms with Gasteiger partial charge in [-0.15, -0.1) is 0 Å². The second kappa shape index (κ2) is 7.28. The molecule has 9 heteroatoms. The lowest BCUT2D eigenvalue weighted by atomic mass is 10.2. The van der Waals surface area contributed by atoms with Crippen molar-refractivity contribution in [2.45, 2.75) is 6.54 Å². The van der Waals surface area contributed by atoms with Crippen LogP contribution >= 0.6 is 0 Å². The molecule has 1 amide bonds. The molecule has 0 fully saturated rings. The van der Waals surface area contributed by atoms with Gasteiger partial charge in [0.2, 0.25) is 0 Å². The highest BCUT2D eigenvalue weighted by Crippen LogP contribution is 2.20. The number of fused-ring (bicyclic) bond motifs is 1. The van der Waals surface area contributed by atoms with Gasteiger partial charge >= 0.3 is 5.76 Å². The molecule has 142 valence electrons. The van der Waals surface area contributed by atoms with E-state index in [4.69, 9.17) is 4.42 Å². The monoisotopic (exact) mass is 379 g/mol. The van der Waals surface area contributed by atoms with Crippen molar-refractivity contribution in [2.75, 3.05) is 26.0 Å². The first kappa shape index (κ1) is 18.7. The molecule has 0 aliphatic rings. The van der Waals surface area contributed by atoms with Gasteiger partial charge in [0.25, 0.3) is 5.91 Å². The van der Waals surface area contributed by atoms with Crippen LogP contribution in [0.1, 0.15) is 10.4 Å². The van der Waals surface area contributed by atoms with Crippen molar-refractivity contribution >= 4 is 22.7 Å². The summed E-state index contributed by atoms with van der Waals surface area (Å²) in [6.45, 7) is 0.976. The largest absolute Gasteiger partial charge is 0.419 e. The lowest BCUT2D eigenvalue weighted by Gasteiger charge is -2.10. The van der Waals surface area contributed by atoms with Gasteiger partial charge in [-0.2, -0.15) is 0 Å². The summed E-state index contributed by atoms with van der Waals surface area (Å²) in [5.41, 5.74) is 0.729. The minimum absolute atomic E-state index is 0.289. The highest BCUT2D eigenvalue weighted by Gasteiger charge is 2.16. The normalized spacial score (nSPS) is 11.3. The van der Waals surface area contributed by atoms with Gasteiger partial charge in [-0.25, -0.2) is 18.0 Å². The molecule has 3 aromatic rings. The fourth-order valence-corrected chi connectivity index (χ4v) is 2.54. The van der Waals surface area contributed by atoms with Crippen LogP contribution in [-0.2, 0) is 6.54 Å². The smallest absolute Gasteiger partial charge is 0.408 e. The van der Waals surface area contributed by atoms with Crippen molar-refractivity contribution < 1.29 is 22.4 Å². The molecule has 3 rings (SSSR count). The van der Waals surface area contributed by atoms with Crippen LogP contribution in [-0.4, -0.2) is 36.0 Å². The van der Waals surface area contributed by atoms with E-state index in [-0.39, 0.29) is 11.3 Å². The van der Waals surface area contributed by atoms with Gasteiger partial charge < -0.3 is 14.6 Å². The molecule has 1 aromatic heterocycles. The summed E-state index contributed by atoms with van der Waals surface area (Å²) in [5.74, 6) is -5.90. The highest BCUT2D eigenvalue weighted by atomic mass is 19.2. The first-order chi connectivity index (χ1) is 12.8. The van der Waals surface area contributed by atoms with E-state index < -0.39 is 29.1 Å². The Morgan fingerprint density at radius 3 is 2.44 bits per heavy atom. The SMILES string of the molecule is CN(C)CCn1c(=O)oc2ccc(NC(=O)c3cc(F)c(F)c(F)c3)cc21. The minimum Gasteiger partial charge on any atom is -0.408 e. The number of carbonyl (C=O) groups excluding carboxylic acids is 1. The molecule has 0 saturated heterocycles. The Kier molecular flexibility index (Phi) is 5.04. The maximum Gasteiger partial charge on any atom is 0.419 e. The Balaban J connectivity index is 1.90. The van der Waals surface area contributed by atoms with Crippen LogP contribution in [0.2, 0.25) is 0 Å². The number of halogens is 3. The Bertz CT molecular complexity index is 1050. The maximum absolute atomic E-state index is 13.3. The summed E-state index contributed by atoms with van der Waals surface area (Å²) < 4.78 is 46.2. The number of nitrogens with zero attached hydrogens (tertiary/aromatic N) is 2. The molecular formula is C18H16F3N3O3. The van der Waals surface area contributed by atoms with Crippen molar-refractivity contribution in [1.29, 1.82) is 0 Å². The van der Waals surface area contributed by atoms with Gasteiger partial charge in [-0.05, 0) is 44.4 Å². The van der Waals surface area contributed by atoms with Gasteiger partial charge in [0.1, 0.15) is 0 Å². The Hall–Kier alpha value is -3.07. The van der Waals surface area contributed by atoms with Crippen molar-refractivity contribution in [3.63, 3.8) is 0 Å². The van der Waals surface area contributed by atoms with Gasteiger partial charge in [-0.1, -0.05) is 0 Å². The molecule has 0 unspecified atom stereocenters. The van der Waals surface area contributed by atoms with E-state index in [2.05, 4.69) is 5.32 Å². The number of nitrogens with one attached hydrogen (secondary N) is 1. The molecule has 2 aromatic carbocycles. The van der Waals surface area contributed by atoms with E-state index in [0.29, 0.717) is 36.3 Å². The summed E-state index contributed by atoms with van der Waals surface area (Å²) in [7, 11) is 3.72. The minimum atomic E-state index is -1.64. The number of oxazole rings is 1. The Morgan fingerprint density at radius 2 is 1.81 bits per heavy atom. The molecule has 0 aliphatic heterocycles. The number of amides is 1. The van der Waals surface area contributed by atoms with Gasteiger partial charge in [-0.3, -0.25) is 9.36 Å². The van der Waals surface area contributed by atoms with E-state index in [1.54, 1.807) is 0 Å². The number of rotatable bonds is 5. The number of hydrogen-bond acceptors (Lipinski definition) is 4. The van der Waals surface area contributed by atoms with Crippen molar-refractivity contribution in [1.82, 2.24) is 9.47 Å². The van der Waals surface area contributed by atoms with Crippen LogP contribution in [0.4, 0.5) is 18.9 Å². The van der Waals surface area contributed by atoms with E-state index in [1.165, 1.54) is 22.8 Å². The highest BCUT2D eigenvalue weighted by molar-refractivity contribution is 6.04. The predicted molar refractivity (Wildman–Crippen MR) is 93.3 cm³/mol. The summed E-state index contributed by atoms with van der Waals surface area (Å²) in [6.07, 6.45) is 0. The van der Waals surface area contributed by atoms with Gasteiger partial charge in [0.05, 0.1) is 5.52 Å². The lowest BCUT2D eigenvalue weighted by Crippen LogP contribution is -2.23. The summed E-state index contributed by atoms with van der Waals surface area (Å²) in [5, 5.41) is 2.46. The zero-order chi connectivity index (χ0) is 19.7. The second-order valence-corrected chi connectivity index (χ2v) is 6.21. The fraction of sp³-hybridized carbons (Fsp3) is 0.222. The molecular weight excluding hydrogens is 363 g/mol. The second-order valence-electron chi connectivity index (χ2n) is 6.21. The molecule has 0 aliphatic carbocycles. The number of aromatic nitrogens is 1. The molecule has 0 spiro atoms. The predicted octanol–water partition coefficient (Wildman–Crippen LogP) is 2.83. The number of benzene rings is 2. The molecule has 0 saturated carbocycles. The zero-order valence-electron chi connectivity index (χ0n) is 14.6. The Morgan fingerprint density at radius 1 is 1.15 bits per heavy atom. The third kappa shape index (κ3) is 3.87. The van der Waals surface area contributed by atoms with Crippen molar-refractivity contribution in [2.24, 2.45) is 0 Å². The number of likely N-dealkylation sites (N-methyl/N-ethyl adjacent to an activating group) is 1. The van der Waals surface area contributed by atoms with Crippen LogP contribution in [0, 0.1) is 17.5 Å². The summed E-state index contributed by atoms with van der Waals surface area (Å²) >= 11 is 0. The first-order valence-electron chi connectivity index (χ1n) is 8.00. The van der Waals surface area contributed by atoms with Crippen LogP contribution < -0.4 is 11.1 Å². The Labute approximate surface area is 151 Å². The van der Waals surface area contributed by atoms with Gasteiger partial charge in [0, 0.05) is 24.3 Å². The summed E-state index contributed by atoms with van der Waals surface area (Å²) in [6, 6.07) is 5.72. The van der Waals surface area contributed by atoms with Crippen LogP contribution in [0.5, 0.6) is 0 Å². The van der Waals surface area contributed by atoms with Crippen LogP contribution in [0.25, 0.3) is 11.1 Å². The maximum atomic E-state index is 13.3. The van der Waals surface area contributed by atoms with Crippen molar-refractivity contribution in [3.05, 3.63) is 63.9 Å². The standard InChI is InChI=1S/C18H16F3N3O3/c1-23(2)5-6-24-14-9-11(3-4-15(14)27-18(24)26)22-17(25)10-7-12(19)16(21)13(20)8-10/h3-4,7-9H,5-6H2,1-2H3,(H,22,25). The molecule has 1 heterocycles. The fourth-order valence-electron chi connectivity index (χ4n) is 2.54. The molecule has 27 heavy (non-hydrogen) atoms. The molecule has 1 N–H and O–H groups in total. The molecule has 6 nitrogen and oxygen atoms in total. The zero-order valence-corrected chi connectivity index (χ0v) is 14.6. The first-order valence-corrected chi connectivity index (χ1v) is 8.00.